The van der Waals surface area contributed by atoms with Crippen LogP contribution in [-0.4, -0.2) is 39.6 Å². The Morgan fingerprint density at radius 2 is 2.04 bits per heavy atom. The van der Waals surface area contributed by atoms with Crippen LogP contribution in [0.5, 0.6) is 0 Å². The zero-order valence-corrected chi connectivity index (χ0v) is 14.0. The maximum absolute atomic E-state index is 14.2. The van der Waals surface area contributed by atoms with Gasteiger partial charge in [-0.05, 0) is 0 Å². The van der Waals surface area contributed by atoms with Crippen molar-refractivity contribution in [3.63, 3.8) is 0 Å². The number of aromatic nitrogens is 2. The maximum atomic E-state index is 14.2. The number of nitrogens with zero attached hydrogens (tertiary/aromatic N) is 3. The number of hydrogen-bond donors (Lipinski definition) is 1. The van der Waals surface area contributed by atoms with Crippen molar-refractivity contribution < 1.29 is 26.8 Å². The molecule has 1 aromatic heterocycles. The topological polar surface area (TPSA) is 54.9 Å². The Bertz CT molecular complexity index is 1030. The molecule has 3 heterocycles. The third-order valence-corrected chi connectivity index (χ3v) is 4.83. The first kappa shape index (κ1) is 17.6. The van der Waals surface area contributed by atoms with Gasteiger partial charge >= 0.3 is 5.91 Å². The summed E-state index contributed by atoms with van der Waals surface area (Å²) in [6.07, 6.45) is 0.227. The average Bonchev–Trinajstić information content (AvgIpc) is 2.60. The summed E-state index contributed by atoms with van der Waals surface area (Å²) in [6.45, 7) is 0.0196. The van der Waals surface area contributed by atoms with Gasteiger partial charge in [0.1, 0.15) is 37.3 Å². The highest BCUT2D eigenvalue weighted by Crippen LogP contribution is 2.27. The van der Waals surface area contributed by atoms with Gasteiger partial charge in [0.05, 0.1) is 22.2 Å². The van der Waals surface area contributed by atoms with Crippen LogP contribution in [-0.2, 0) is 11.3 Å². The highest BCUT2D eigenvalue weighted by molar-refractivity contribution is 6.01. The molecule has 1 saturated heterocycles. The van der Waals surface area contributed by atoms with Gasteiger partial charge in [-0.2, -0.15) is 0 Å². The van der Waals surface area contributed by atoms with Gasteiger partial charge in [0, 0.05) is 12.1 Å². The number of hydrogen-bond acceptors (Lipinski definition) is 4. The van der Waals surface area contributed by atoms with Crippen LogP contribution in [0, 0.1) is 5.82 Å². The van der Waals surface area contributed by atoms with Crippen LogP contribution in [0.25, 0.3) is 12.3 Å². The zero-order valence-electron chi connectivity index (χ0n) is 14.0. The van der Waals surface area contributed by atoms with Crippen LogP contribution in [0.2, 0.25) is 0 Å². The third kappa shape index (κ3) is 2.97. The summed E-state index contributed by atoms with van der Waals surface area (Å²) < 4.78 is 53.1. The van der Waals surface area contributed by atoms with E-state index in [9.17, 15) is 22.4 Å². The summed E-state index contributed by atoms with van der Waals surface area (Å²) in [5.74, 6) is -0.901. The second-order valence-corrected chi connectivity index (χ2v) is 6.60. The molecule has 1 N–H and O–H groups in total. The molecule has 1 aromatic carbocycles. The molecule has 9 heteroatoms. The molecule has 0 radical (unpaired) electrons. The van der Waals surface area contributed by atoms with E-state index in [1.54, 1.807) is 6.20 Å². The van der Waals surface area contributed by atoms with Gasteiger partial charge in [-0.25, -0.2) is 36.8 Å². The van der Waals surface area contributed by atoms with Crippen molar-refractivity contribution >= 4 is 24.0 Å². The van der Waals surface area contributed by atoms with Crippen molar-refractivity contribution in [2.75, 3.05) is 18.4 Å². The molecule has 0 unspecified atom stereocenters. The van der Waals surface area contributed by atoms with Crippen LogP contribution in [0.4, 0.5) is 23.4 Å². The van der Waals surface area contributed by atoms with Crippen LogP contribution in [0.3, 0.4) is 0 Å². The van der Waals surface area contributed by atoms with Crippen molar-refractivity contribution in [1.29, 1.82) is 0 Å². The molecule has 0 aliphatic carbocycles. The van der Waals surface area contributed by atoms with Crippen LogP contribution in [0.1, 0.15) is 17.6 Å². The maximum Gasteiger partial charge on any atom is 0.345 e. The second-order valence-electron chi connectivity index (χ2n) is 6.60. The van der Waals surface area contributed by atoms with Gasteiger partial charge in [-0.15, -0.1) is 0 Å². The first-order valence-corrected chi connectivity index (χ1v) is 8.30. The number of nitrogens with one attached hydrogen (secondary N) is 1. The minimum absolute atomic E-state index is 0.0498. The average molecular weight is 379 g/mol. The molecule has 2 aliphatic rings. The Labute approximate surface area is 151 Å². The molecule has 5 nitrogen and oxygen atoms in total. The Kier molecular flexibility index (Phi) is 4.18. The number of halogens is 4. The van der Waals surface area contributed by atoms with Crippen LogP contribution in [0.15, 0.2) is 24.5 Å². The number of amides is 1. The quantitative estimate of drug-likeness (QED) is 0.645. The lowest BCUT2D eigenvalue weighted by molar-refractivity contribution is -0.824. The molecule has 0 saturated carbocycles. The molecular weight excluding hydrogens is 364 g/mol. The van der Waals surface area contributed by atoms with E-state index in [2.05, 4.69) is 15.3 Å². The van der Waals surface area contributed by atoms with Crippen LogP contribution >= 0.6 is 0 Å². The Morgan fingerprint density at radius 3 is 2.74 bits per heavy atom. The second kappa shape index (κ2) is 6.41. The number of rotatable bonds is 4. The Morgan fingerprint density at radius 1 is 1.26 bits per heavy atom. The minimum Gasteiger partial charge on any atom is -0.365 e. The van der Waals surface area contributed by atoms with Gasteiger partial charge in [0.2, 0.25) is 0 Å². The number of carbonyl (C=O) groups is 1. The van der Waals surface area contributed by atoms with E-state index in [1.807, 2.05) is 0 Å². The summed E-state index contributed by atoms with van der Waals surface area (Å²) in [7, 11) is 0. The van der Waals surface area contributed by atoms with Gasteiger partial charge < -0.3 is 5.32 Å². The molecule has 2 aliphatic heterocycles. The number of quaternary nitrogens is 1. The smallest absolute Gasteiger partial charge is 0.345 e. The number of fused-ring (bicyclic) bond motifs is 1. The fraction of sp³-hybridized carbons (Fsp3) is 0.278. The lowest BCUT2D eigenvalue weighted by Gasteiger charge is -2.41. The SMILES string of the molecule is O=C1C=c2ncnc(NCc3cccc(C(F)F)c3F)c2=C[N+]12CC(F)C2. The Hall–Kier alpha value is -2.81. The van der Waals surface area contributed by atoms with Crippen LogP contribution < -0.4 is 15.9 Å². The zero-order chi connectivity index (χ0) is 19.2. The van der Waals surface area contributed by atoms with E-state index >= 15 is 0 Å². The predicted molar refractivity (Wildman–Crippen MR) is 88.8 cm³/mol. The van der Waals surface area contributed by atoms with Crippen molar-refractivity contribution in [3.05, 3.63) is 52.0 Å². The molecular formula is C18H15F4N4O+. The minimum atomic E-state index is -2.91. The highest BCUT2D eigenvalue weighted by Gasteiger charge is 2.49. The van der Waals surface area contributed by atoms with E-state index in [-0.39, 0.29) is 35.6 Å². The normalized spacial score (nSPS) is 23.4. The summed E-state index contributed by atoms with van der Waals surface area (Å²) in [5.41, 5.74) is -0.601. The van der Waals surface area contributed by atoms with E-state index in [4.69, 9.17) is 0 Å². The highest BCUT2D eigenvalue weighted by atomic mass is 19.3. The summed E-state index contributed by atoms with van der Waals surface area (Å²) >= 11 is 0. The number of benzene rings is 1. The van der Waals surface area contributed by atoms with Gasteiger partial charge in [-0.3, -0.25) is 0 Å². The van der Waals surface area contributed by atoms with Crippen molar-refractivity contribution in [2.45, 2.75) is 19.1 Å². The van der Waals surface area contributed by atoms with Crippen molar-refractivity contribution in [3.8, 4) is 0 Å². The first-order chi connectivity index (χ1) is 12.9. The molecule has 27 heavy (non-hydrogen) atoms. The monoisotopic (exact) mass is 379 g/mol. The molecule has 1 spiro atoms. The fourth-order valence-electron chi connectivity index (χ4n) is 3.37. The molecule has 0 bridgehead atoms. The molecule has 2 aromatic rings. The lowest BCUT2D eigenvalue weighted by Crippen LogP contribution is -2.66. The summed E-state index contributed by atoms with van der Waals surface area (Å²) in [4.78, 5) is 20.4. The van der Waals surface area contributed by atoms with Gasteiger partial charge in [-0.1, -0.05) is 18.2 Å². The first-order valence-electron chi connectivity index (χ1n) is 8.30. The molecule has 140 valence electrons. The molecule has 1 fully saturated rings. The van der Waals surface area contributed by atoms with E-state index in [0.29, 0.717) is 16.4 Å². The van der Waals surface area contributed by atoms with Gasteiger partial charge in [0.15, 0.2) is 6.17 Å². The molecule has 0 atom stereocenters. The summed E-state index contributed by atoms with van der Waals surface area (Å²) in [5, 5.41) is 3.79. The standard InChI is InChI=1S/C18H14F4N4O/c19-11-6-26(7-11)8-13-14(4-15(26)27)24-9-25-18(13)23-5-10-2-1-3-12(16(10)20)17(21)22/h1-4,8-9,11,17H,5-7H2/p+1. The van der Waals surface area contributed by atoms with Crippen molar-refractivity contribution in [1.82, 2.24) is 9.97 Å². The number of carbonyl (C=O) groups excluding carboxylic acids is 1. The number of alkyl halides is 3. The summed E-state index contributed by atoms with van der Waals surface area (Å²) in [6, 6.07) is 3.80. The van der Waals surface area contributed by atoms with E-state index in [1.165, 1.54) is 24.5 Å². The molecule has 1 amide bonds. The van der Waals surface area contributed by atoms with E-state index < -0.39 is 24.0 Å². The largest absolute Gasteiger partial charge is 0.365 e. The fourth-order valence-corrected chi connectivity index (χ4v) is 3.37. The van der Waals surface area contributed by atoms with Crippen molar-refractivity contribution in [2.24, 2.45) is 0 Å². The molecule has 4 rings (SSSR count). The number of anilines is 1. The van der Waals surface area contributed by atoms with E-state index in [0.717, 1.165) is 6.07 Å². The van der Waals surface area contributed by atoms with Gasteiger partial charge in [0.25, 0.3) is 6.43 Å². The lowest BCUT2D eigenvalue weighted by atomic mass is 10.1. The Balaban J connectivity index is 1.67. The third-order valence-electron chi connectivity index (χ3n) is 4.83. The predicted octanol–water partition coefficient (Wildman–Crippen LogP) is 1.39.